The van der Waals surface area contributed by atoms with E-state index in [1.54, 1.807) is 0 Å². The average Bonchev–Trinajstić information content (AvgIpc) is 3.52. The van der Waals surface area contributed by atoms with Gasteiger partial charge in [0.15, 0.2) is 0 Å². The molecule has 0 saturated heterocycles. The Morgan fingerprint density at radius 1 is 0.295 bits per heavy atom. The predicted octanol–water partition coefficient (Wildman–Crippen LogP) is 16.6. The molecule has 0 saturated carbocycles. The van der Waals surface area contributed by atoms with Gasteiger partial charge in [0.2, 0.25) is 0 Å². The third-order valence-corrected chi connectivity index (χ3v) is 12.3. The lowest BCUT2D eigenvalue weighted by molar-refractivity contribution is 0.659. The Kier molecular flexibility index (Phi) is 9.70. The molecule has 2 nitrogen and oxygen atoms in total. The van der Waals surface area contributed by atoms with Crippen LogP contribution in [0.4, 0.5) is 34.1 Å². The Balaban J connectivity index is 1.23. The first-order chi connectivity index (χ1) is 29.8. The van der Waals surface area contributed by atoms with E-state index in [2.05, 4.69) is 256 Å². The number of para-hydroxylation sites is 2. The molecule has 294 valence electrons. The molecule has 0 spiro atoms. The zero-order valence-electron chi connectivity index (χ0n) is 35.2. The summed E-state index contributed by atoms with van der Waals surface area (Å²) >= 11 is 0. The minimum Gasteiger partial charge on any atom is -0.310 e. The summed E-state index contributed by atoms with van der Waals surface area (Å²) in [6.45, 7) is 9.22. The van der Waals surface area contributed by atoms with Crippen molar-refractivity contribution in [2.75, 3.05) is 9.80 Å². The number of aryl methyl sites for hydroxylation is 2. The lowest BCUT2D eigenvalue weighted by Crippen LogP contribution is -2.15. The van der Waals surface area contributed by atoms with Gasteiger partial charge in [-0.15, -0.1) is 0 Å². The van der Waals surface area contributed by atoms with E-state index in [4.69, 9.17) is 0 Å². The van der Waals surface area contributed by atoms with E-state index < -0.39 is 0 Å². The first-order valence-electron chi connectivity index (χ1n) is 21.3. The Hall–Kier alpha value is -7.42. The van der Waals surface area contributed by atoms with E-state index in [0.717, 1.165) is 34.1 Å². The van der Waals surface area contributed by atoms with Crippen LogP contribution in [0.15, 0.2) is 218 Å². The summed E-state index contributed by atoms with van der Waals surface area (Å²) in [7, 11) is 0. The van der Waals surface area contributed by atoms with Crippen LogP contribution >= 0.6 is 0 Å². The Labute approximate surface area is 360 Å². The van der Waals surface area contributed by atoms with Crippen LogP contribution in [0.2, 0.25) is 0 Å². The van der Waals surface area contributed by atoms with Gasteiger partial charge in [-0.3, -0.25) is 0 Å². The molecule has 0 atom stereocenters. The van der Waals surface area contributed by atoms with Crippen molar-refractivity contribution in [2.24, 2.45) is 0 Å². The highest BCUT2D eigenvalue weighted by Gasteiger charge is 2.37. The monoisotopic (exact) mass is 784 g/mol. The number of benzene rings is 9. The number of fused-ring (bicyclic) bond motifs is 3. The van der Waals surface area contributed by atoms with Crippen LogP contribution in [-0.4, -0.2) is 0 Å². The molecule has 1 aliphatic rings. The minimum absolute atomic E-state index is 0.134. The van der Waals surface area contributed by atoms with E-state index in [0.29, 0.717) is 0 Å². The smallest absolute Gasteiger partial charge is 0.0488 e. The van der Waals surface area contributed by atoms with Crippen molar-refractivity contribution in [2.45, 2.75) is 33.1 Å². The molecule has 2 heteroatoms. The molecule has 9 aromatic rings. The topological polar surface area (TPSA) is 6.48 Å². The maximum Gasteiger partial charge on any atom is 0.0488 e. The van der Waals surface area contributed by atoms with Gasteiger partial charge in [0.1, 0.15) is 0 Å². The fourth-order valence-corrected chi connectivity index (χ4v) is 9.26. The van der Waals surface area contributed by atoms with E-state index in [-0.39, 0.29) is 5.41 Å². The molecule has 0 aromatic heterocycles. The van der Waals surface area contributed by atoms with Gasteiger partial charge in [0.05, 0.1) is 0 Å². The van der Waals surface area contributed by atoms with Crippen LogP contribution in [0.5, 0.6) is 0 Å². The molecule has 61 heavy (non-hydrogen) atoms. The van der Waals surface area contributed by atoms with Gasteiger partial charge in [-0.2, -0.15) is 0 Å². The lowest BCUT2D eigenvalue weighted by atomic mass is 9.81. The normalized spacial score (nSPS) is 12.4. The first kappa shape index (κ1) is 37.8. The van der Waals surface area contributed by atoms with Crippen molar-refractivity contribution in [1.82, 2.24) is 0 Å². The quantitative estimate of drug-likeness (QED) is 0.144. The Morgan fingerprint density at radius 3 is 1.18 bits per heavy atom. The number of nitrogens with zero attached hydrogens (tertiary/aromatic N) is 2. The molecule has 1 aliphatic carbocycles. The second-order valence-corrected chi connectivity index (χ2v) is 16.8. The fourth-order valence-electron chi connectivity index (χ4n) is 9.26. The van der Waals surface area contributed by atoms with E-state index in [9.17, 15) is 0 Å². The first-order valence-corrected chi connectivity index (χ1v) is 21.3. The van der Waals surface area contributed by atoms with Gasteiger partial charge in [0, 0.05) is 39.5 Å². The van der Waals surface area contributed by atoms with Crippen molar-refractivity contribution in [1.29, 1.82) is 0 Å². The molecule has 10 rings (SSSR count). The van der Waals surface area contributed by atoms with Crippen LogP contribution in [0.1, 0.15) is 36.1 Å². The summed E-state index contributed by atoms with van der Waals surface area (Å²) in [5.41, 5.74) is 21.5. The molecule has 0 radical (unpaired) electrons. The van der Waals surface area contributed by atoms with E-state index in [1.165, 1.54) is 66.8 Å². The average molecular weight is 785 g/mol. The largest absolute Gasteiger partial charge is 0.310 e. The zero-order chi connectivity index (χ0) is 41.5. The zero-order valence-corrected chi connectivity index (χ0v) is 35.2. The van der Waals surface area contributed by atoms with Gasteiger partial charge in [-0.1, -0.05) is 177 Å². The number of hydrogen-bond acceptors (Lipinski definition) is 2. The molecule has 0 N–H and O–H groups in total. The standard InChI is InChI=1S/C59H48N2/c1-41-25-34-54-56(36-41)59(3,4)57-37-42(2)35-55(58(54)57)47-38-52(60(48-21-13-7-14-22-48)50-30-26-45(27-31-50)43-17-9-5-10-18-43)40-53(39-47)61(49-23-15-8-16-24-49)51-32-28-46(29-33-51)44-19-11-6-12-20-44/h5-40H,1-4H3. The molecule has 9 aromatic carbocycles. The maximum absolute atomic E-state index is 2.41. The lowest BCUT2D eigenvalue weighted by Gasteiger charge is -2.31. The molecule has 0 amide bonds. The summed E-state index contributed by atoms with van der Waals surface area (Å²) in [4.78, 5) is 4.81. The predicted molar refractivity (Wildman–Crippen MR) is 259 cm³/mol. The van der Waals surface area contributed by atoms with Gasteiger partial charge >= 0.3 is 0 Å². The highest BCUT2D eigenvalue weighted by atomic mass is 15.2. The summed E-state index contributed by atoms with van der Waals surface area (Å²) in [5.74, 6) is 0. The highest BCUT2D eigenvalue weighted by molar-refractivity contribution is 5.96. The van der Waals surface area contributed by atoms with Crippen molar-refractivity contribution in [3.8, 4) is 44.5 Å². The Bertz CT molecular complexity index is 2830. The van der Waals surface area contributed by atoms with Gasteiger partial charge in [-0.05, 0) is 136 Å². The molecule has 0 unspecified atom stereocenters. The minimum atomic E-state index is -0.134. The van der Waals surface area contributed by atoms with Gasteiger partial charge < -0.3 is 9.80 Å². The second-order valence-electron chi connectivity index (χ2n) is 16.8. The fraction of sp³-hybridized carbons (Fsp3) is 0.0847. The van der Waals surface area contributed by atoms with Gasteiger partial charge in [-0.25, -0.2) is 0 Å². The third-order valence-electron chi connectivity index (χ3n) is 12.3. The Morgan fingerprint density at radius 2 is 0.705 bits per heavy atom. The van der Waals surface area contributed by atoms with E-state index in [1.807, 2.05) is 0 Å². The SMILES string of the molecule is Cc1ccc2c(c1)C(C)(C)c1cc(C)cc(-c3cc(N(c4ccccc4)c4ccc(-c5ccccc5)cc4)cc(N(c4ccccc4)c4ccc(-c5ccccc5)cc4)c3)c1-2. The maximum atomic E-state index is 2.41. The number of anilines is 6. The molecule has 0 bridgehead atoms. The van der Waals surface area contributed by atoms with Crippen molar-refractivity contribution >= 4 is 34.1 Å². The van der Waals surface area contributed by atoms with Crippen molar-refractivity contribution in [3.63, 3.8) is 0 Å². The summed E-state index contributed by atoms with van der Waals surface area (Å²) < 4.78 is 0. The molecular weight excluding hydrogens is 737 g/mol. The third kappa shape index (κ3) is 7.11. The summed E-state index contributed by atoms with van der Waals surface area (Å²) in [5, 5.41) is 0. The number of hydrogen-bond donors (Lipinski definition) is 0. The van der Waals surface area contributed by atoms with Crippen LogP contribution < -0.4 is 9.80 Å². The molecule has 0 fully saturated rings. The van der Waals surface area contributed by atoms with Crippen LogP contribution in [-0.2, 0) is 5.41 Å². The van der Waals surface area contributed by atoms with Crippen LogP contribution in [0.25, 0.3) is 44.5 Å². The number of rotatable bonds is 9. The molecule has 0 aliphatic heterocycles. The van der Waals surface area contributed by atoms with Gasteiger partial charge in [0.25, 0.3) is 0 Å². The van der Waals surface area contributed by atoms with Crippen LogP contribution in [0.3, 0.4) is 0 Å². The summed E-state index contributed by atoms with van der Waals surface area (Å²) in [6, 6.07) is 79.7. The second kappa shape index (κ2) is 15.6. The molecular formula is C59H48N2. The van der Waals surface area contributed by atoms with Crippen molar-refractivity contribution in [3.05, 3.63) is 241 Å². The highest BCUT2D eigenvalue weighted by Crippen LogP contribution is 2.54. The van der Waals surface area contributed by atoms with E-state index >= 15 is 0 Å². The van der Waals surface area contributed by atoms with Crippen molar-refractivity contribution < 1.29 is 0 Å². The summed E-state index contributed by atoms with van der Waals surface area (Å²) in [6.07, 6.45) is 0. The molecule has 0 heterocycles. The van der Waals surface area contributed by atoms with Crippen LogP contribution in [0, 0.1) is 13.8 Å².